The second-order valence-corrected chi connectivity index (χ2v) is 5.80. The molecule has 25 heavy (non-hydrogen) atoms. The molecule has 1 heterocycles. The van der Waals surface area contributed by atoms with E-state index in [2.05, 4.69) is 39.9 Å². The van der Waals surface area contributed by atoms with E-state index >= 15 is 0 Å². The maximum absolute atomic E-state index is 12.1. The number of carbonyl (C=O) groups is 1. The van der Waals surface area contributed by atoms with Crippen LogP contribution in [0.4, 0.5) is 4.79 Å². The van der Waals surface area contributed by atoms with Crippen LogP contribution in [0.2, 0.25) is 0 Å². The van der Waals surface area contributed by atoms with Gasteiger partial charge in [0.05, 0.1) is 0 Å². The van der Waals surface area contributed by atoms with Gasteiger partial charge in [0.25, 0.3) is 0 Å². The largest absolute Gasteiger partial charge is 0.337 e. The summed E-state index contributed by atoms with van der Waals surface area (Å²) in [5, 5.41) is 5.85. The SMILES string of the molecule is O=C(NCc1cccnc1)NCC(c1ccccc1)c1ccccc1. The molecule has 2 amide bonds. The number of nitrogens with one attached hydrogen (secondary N) is 2. The van der Waals surface area contributed by atoms with Crippen molar-refractivity contribution in [1.82, 2.24) is 15.6 Å². The van der Waals surface area contributed by atoms with Crippen molar-refractivity contribution in [2.24, 2.45) is 0 Å². The van der Waals surface area contributed by atoms with Crippen molar-refractivity contribution in [1.29, 1.82) is 0 Å². The minimum Gasteiger partial charge on any atom is -0.337 e. The molecule has 4 nitrogen and oxygen atoms in total. The summed E-state index contributed by atoms with van der Waals surface area (Å²) in [6.45, 7) is 0.994. The maximum Gasteiger partial charge on any atom is 0.315 e. The van der Waals surface area contributed by atoms with Gasteiger partial charge in [-0.3, -0.25) is 4.98 Å². The summed E-state index contributed by atoms with van der Waals surface area (Å²) in [4.78, 5) is 16.2. The normalized spacial score (nSPS) is 10.4. The average Bonchev–Trinajstić information content (AvgIpc) is 2.69. The molecule has 3 rings (SSSR count). The third-order valence-electron chi connectivity index (χ3n) is 4.05. The fourth-order valence-corrected chi connectivity index (χ4v) is 2.74. The molecule has 0 aliphatic rings. The Bertz CT molecular complexity index is 737. The summed E-state index contributed by atoms with van der Waals surface area (Å²) >= 11 is 0. The van der Waals surface area contributed by atoms with E-state index in [1.165, 1.54) is 11.1 Å². The third kappa shape index (κ3) is 4.91. The molecule has 1 aromatic heterocycles. The van der Waals surface area contributed by atoms with Crippen LogP contribution in [-0.4, -0.2) is 17.6 Å². The van der Waals surface area contributed by atoms with E-state index in [-0.39, 0.29) is 11.9 Å². The van der Waals surface area contributed by atoms with Crippen LogP contribution >= 0.6 is 0 Å². The van der Waals surface area contributed by atoms with Gasteiger partial charge in [0.15, 0.2) is 0 Å². The lowest BCUT2D eigenvalue weighted by Gasteiger charge is -2.19. The Balaban J connectivity index is 1.62. The summed E-state index contributed by atoms with van der Waals surface area (Å²) < 4.78 is 0. The molecular weight excluding hydrogens is 310 g/mol. The first-order valence-corrected chi connectivity index (χ1v) is 8.33. The number of rotatable bonds is 6. The van der Waals surface area contributed by atoms with E-state index in [0.29, 0.717) is 13.1 Å². The molecule has 0 unspecified atom stereocenters. The Morgan fingerprint density at radius 2 is 1.48 bits per heavy atom. The monoisotopic (exact) mass is 331 g/mol. The fourth-order valence-electron chi connectivity index (χ4n) is 2.74. The number of hydrogen-bond acceptors (Lipinski definition) is 2. The first-order chi connectivity index (χ1) is 12.3. The van der Waals surface area contributed by atoms with Crippen molar-refractivity contribution in [3.63, 3.8) is 0 Å². The van der Waals surface area contributed by atoms with Crippen molar-refractivity contribution < 1.29 is 4.79 Å². The van der Waals surface area contributed by atoms with Crippen molar-refractivity contribution in [2.45, 2.75) is 12.5 Å². The molecule has 0 fully saturated rings. The van der Waals surface area contributed by atoms with Gasteiger partial charge in [0.2, 0.25) is 0 Å². The van der Waals surface area contributed by atoms with Crippen molar-refractivity contribution >= 4 is 6.03 Å². The number of carbonyl (C=O) groups excluding carboxylic acids is 1. The van der Waals surface area contributed by atoms with Gasteiger partial charge in [-0.25, -0.2) is 4.79 Å². The summed E-state index contributed by atoms with van der Waals surface area (Å²) in [6, 6.07) is 24.1. The fraction of sp³-hybridized carbons (Fsp3) is 0.143. The van der Waals surface area contributed by atoms with Gasteiger partial charge in [-0.05, 0) is 22.8 Å². The lowest BCUT2D eigenvalue weighted by atomic mass is 9.91. The first-order valence-electron chi connectivity index (χ1n) is 8.33. The second kappa shape index (κ2) is 8.64. The van der Waals surface area contributed by atoms with Crippen LogP contribution in [0.15, 0.2) is 85.2 Å². The second-order valence-electron chi connectivity index (χ2n) is 5.80. The van der Waals surface area contributed by atoms with E-state index < -0.39 is 0 Å². The highest BCUT2D eigenvalue weighted by molar-refractivity contribution is 5.74. The molecule has 0 spiro atoms. The zero-order valence-corrected chi connectivity index (χ0v) is 13.9. The molecule has 2 aromatic carbocycles. The van der Waals surface area contributed by atoms with E-state index in [4.69, 9.17) is 0 Å². The van der Waals surface area contributed by atoms with Crippen molar-refractivity contribution in [2.75, 3.05) is 6.54 Å². The van der Waals surface area contributed by atoms with Gasteiger partial charge in [-0.2, -0.15) is 0 Å². The minimum atomic E-state index is -0.180. The Hall–Kier alpha value is -3.14. The molecule has 0 radical (unpaired) electrons. The molecule has 0 aliphatic carbocycles. The van der Waals surface area contributed by atoms with Crippen LogP contribution < -0.4 is 10.6 Å². The van der Waals surface area contributed by atoms with Gasteiger partial charge < -0.3 is 10.6 Å². The predicted molar refractivity (Wildman–Crippen MR) is 99.2 cm³/mol. The topological polar surface area (TPSA) is 54.0 Å². The molecule has 3 aromatic rings. The highest BCUT2D eigenvalue weighted by atomic mass is 16.2. The third-order valence-corrected chi connectivity index (χ3v) is 4.05. The first kappa shape index (κ1) is 16.7. The number of benzene rings is 2. The predicted octanol–water partition coefficient (Wildman–Crippen LogP) is 3.71. The van der Waals surface area contributed by atoms with Crippen molar-refractivity contribution in [3.05, 3.63) is 102 Å². The van der Waals surface area contributed by atoms with Crippen molar-refractivity contribution in [3.8, 4) is 0 Å². The Morgan fingerprint density at radius 3 is 2.04 bits per heavy atom. The Labute approximate surface area is 147 Å². The molecule has 0 saturated carbocycles. The molecule has 126 valence electrons. The average molecular weight is 331 g/mol. The Kier molecular flexibility index (Phi) is 5.77. The summed E-state index contributed by atoms with van der Waals surface area (Å²) in [6.07, 6.45) is 3.46. The number of hydrogen-bond donors (Lipinski definition) is 2. The van der Waals surface area contributed by atoms with Crippen LogP contribution in [0.25, 0.3) is 0 Å². The van der Waals surface area contributed by atoms with E-state index in [9.17, 15) is 4.79 Å². The van der Waals surface area contributed by atoms with Crippen LogP contribution in [0.1, 0.15) is 22.6 Å². The van der Waals surface area contributed by atoms with Gasteiger partial charge in [-0.15, -0.1) is 0 Å². The minimum absolute atomic E-state index is 0.117. The van der Waals surface area contributed by atoms with Gasteiger partial charge >= 0.3 is 6.03 Å². The van der Waals surface area contributed by atoms with Gasteiger partial charge in [0.1, 0.15) is 0 Å². The number of nitrogens with zero attached hydrogens (tertiary/aromatic N) is 1. The summed E-state index contributed by atoms with van der Waals surface area (Å²) in [7, 11) is 0. The number of urea groups is 1. The quantitative estimate of drug-likeness (QED) is 0.723. The number of aromatic nitrogens is 1. The van der Waals surface area contributed by atoms with Gasteiger partial charge in [-0.1, -0.05) is 66.7 Å². The lowest BCUT2D eigenvalue weighted by Crippen LogP contribution is -2.37. The highest BCUT2D eigenvalue weighted by Gasteiger charge is 2.14. The highest BCUT2D eigenvalue weighted by Crippen LogP contribution is 2.23. The van der Waals surface area contributed by atoms with E-state index in [1.54, 1.807) is 12.4 Å². The zero-order chi connectivity index (χ0) is 17.3. The molecule has 0 saturated heterocycles. The summed E-state index contributed by atoms with van der Waals surface area (Å²) in [5.41, 5.74) is 3.34. The van der Waals surface area contributed by atoms with Crippen LogP contribution in [0, 0.1) is 0 Å². The van der Waals surface area contributed by atoms with E-state index in [0.717, 1.165) is 5.56 Å². The number of amides is 2. The molecule has 0 atom stereocenters. The maximum atomic E-state index is 12.1. The van der Waals surface area contributed by atoms with Crippen LogP contribution in [0.5, 0.6) is 0 Å². The smallest absolute Gasteiger partial charge is 0.315 e. The molecule has 2 N–H and O–H groups in total. The molecular formula is C21H21N3O. The Morgan fingerprint density at radius 1 is 0.840 bits per heavy atom. The zero-order valence-electron chi connectivity index (χ0n) is 13.9. The molecule has 0 bridgehead atoms. The number of pyridine rings is 1. The molecule has 4 heteroatoms. The summed E-state index contributed by atoms with van der Waals surface area (Å²) in [5.74, 6) is 0.117. The molecule has 0 aliphatic heterocycles. The van der Waals surface area contributed by atoms with Crippen LogP contribution in [0.3, 0.4) is 0 Å². The van der Waals surface area contributed by atoms with E-state index in [1.807, 2.05) is 48.5 Å². The van der Waals surface area contributed by atoms with Crippen LogP contribution in [-0.2, 0) is 6.54 Å². The van der Waals surface area contributed by atoms with Gasteiger partial charge in [0, 0.05) is 31.4 Å². The standard InChI is InChI=1S/C21H21N3O/c25-21(23-15-17-8-7-13-22-14-17)24-16-20(18-9-3-1-4-10-18)19-11-5-2-6-12-19/h1-14,20H,15-16H2,(H2,23,24,25). The lowest BCUT2D eigenvalue weighted by molar-refractivity contribution is 0.240.